The summed E-state index contributed by atoms with van der Waals surface area (Å²) in [4.78, 5) is 12.6. The van der Waals surface area contributed by atoms with E-state index in [0.717, 1.165) is 0 Å². The molecular weight excluding hydrogens is 372 g/mol. The number of fused-ring (bicyclic) bond motifs is 3. The van der Waals surface area contributed by atoms with Crippen LogP contribution in [-0.2, 0) is 38.0 Å². The van der Waals surface area contributed by atoms with E-state index in [4.69, 9.17) is 33.2 Å². The van der Waals surface area contributed by atoms with Crippen LogP contribution in [-0.4, -0.2) is 77.8 Å². The normalized spacial score (nSPS) is 44.1. The first-order valence-corrected chi connectivity index (χ1v) is 9.75. The van der Waals surface area contributed by atoms with Crippen molar-refractivity contribution in [3.8, 4) is 0 Å². The zero-order valence-electron chi connectivity index (χ0n) is 17.2. The standard InChI is InChI=1S/C19H30O9/c1-17(2)22-8-11(24-17)9(20)7-10(21)12-13-14(26-18(3,4)25-13)15-16(23-12)28-19(5,6)27-15/h10-16,21H,7-8H2,1-6H3/t10-,11-,12-,13+,14+,15-,16-/m1/s1. The third-order valence-electron chi connectivity index (χ3n) is 5.35. The molecule has 28 heavy (non-hydrogen) atoms. The second kappa shape index (κ2) is 6.68. The maximum absolute atomic E-state index is 12.6. The minimum atomic E-state index is -1.11. The highest BCUT2D eigenvalue weighted by atomic mass is 16.9. The number of carbonyl (C=O) groups is 1. The molecule has 4 rings (SSSR count). The van der Waals surface area contributed by atoms with Crippen molar-refractivity contribution in [2.75, 3.05) is 6.61 Å². The van der Waals surface area contributed by atoms with E-state index in [0.29, 0.717) is 0 Å². The molecule has 0 aromatic rings. The molecule has 0 amide bonds. The fourth-order valence-corrected chi connectivity index (χ4v) is 4.25. The molecule has 4 saturated heterocycles. The molecule has 0 saturated carbocycles. The van der Waals surface area contributed by atoms with Gasteiger partial charge < -0.3 is 38.3 Å². The van der Waals surface area contributed by atoms with Crippen molar-refractivity contribution in [2.24, 2.45) is 0 Å². The monoisotopic (exact) mass is 402 g/mol. The Morgan fingerprint density at radius 2 is 1.50 bits per heavy atom. The maximum atomic E-state index is 12.6. The first kappa shape index (κ1) is 20.6. The molecule has 4 fully saturated rings. The van der Waals surface area contributed by atoms with Gasteiger partial charge in [0.05, 0.1) is 12.7 Å². The van der Waals surface area contributed by atoms with E-state index in [1.807, 2.05) is 0 Å². The van der Waals surface area contributed by atoms with Gasteiger partial charge in [0.15, 0.2) is 29.4 Å². The van der Waals surface area contributed by atoms with Crippen LogP contribution in [0.5, 0.6) is 0 Å². The number of carbonyl (C=O) groups excluding carboxylic acids is 1. The fraction of sp³-hybridized carbons (Fsp3) is 0.947. The van der Waals surface area contributed by atoms with E-state index in [9.17, 15) is 9.90 Å². The van der Waals surface area contributed by atoms with Crippen molar-refractivity contribution in [1.82, 2.24) is 0 Å². The number of aliphatic hydroxyl groups excluding tert-OH is 1. The van der Waals surface area contributed by atoms with Gasteiger partial charge in [-0.3, -0.25) is 4.79 Å². The lowest BCUT2D eigenvalue weighted by atomic mass is 9.92. The van der Waals surface area contributed by atoms with E-state index >= 15 is 0 Å². The number of rotatable bonds is 4. The quantitative estimate of drug-likeness (QED) is 0.733. The Labute approximate surface area is 164 Å². The smallest absolute Gasteiger partial charge is 0.190 e. The first-order chi connectivity index (χ1) is 12.9. The summed E-state index contributed by atoms with van der Waals surface area (Å²) in [6, 6.07) is 0. The van der Waals surface area contributed by atoms with Gasteiger partial charge in [-0.15, -0.1) is 0 Å². The zero-order chi connectivity index (χ0) is 20.5. The lowest BCUT2D eigenvalue weighted by Gasteiger charge is -2.39. The predicted octanol–water partition coefficient (Wildman–Crippen LogP) is 0.854. The van der Waals surface area contributed by atoms with E-state index in [1.54, 1.807) is 41.5 Å². The number of ether oxygens (including phenoxy) is 7. The van der Waals surface area contributed by atoms with Gasteiger partial charge >= 0.3 is 0 Å². The van der Waals surface area contributed by atoms with E-state index in [1.165, 1.54) is 0 Å². The fourth-order valence-electron chi connectivity index (χ4n) is 4.25. The molecule has 0 unspecified atom stereocenters. The number of Topliss-reactive ketones (excluding diaryl/α,β-unsaturated/α-hetero) is 1. The molecule has 9 heteroatoms. The molecule has 0 spiro atoms. The third-order valence-corrected chi connectivity index (χ3v) is 5.35. The Bertz CT molecular complexity index is 631. The van der Waals surface area contributed by atoms with Gasteiger partial charge in [0.2, 0.25) is 0 Å². The number of hydrogen-bond acceptors (Lipinski definition) is 9. The number of ketones is 1. The highest BCUT2D eigenvalue weighted by Crippen LogP contribution is 2.45. The van der Waals surface area contributed by atoms with Gasteiger partial charge in [-0.1, -0.05) is 0 Å². The van der Waals surface area contributed by atoms with Crippen LogP contribution >= 0.6 is 0 Å². The van der Waals surface area contributed by atoms with Crippen LogP contribution in [0.4, 0.5) is 0 Å². The molecule has 160 valence electrons. The van der Waals surface area contributed by atoms with E-state index in [-0.39, 0.29) is 18.8 Å². The van der Waals surface area contributed by atoms with Crippen LogP contribution in [0.2, 0.25) is 0 Å². The summed E-state index contributed by atoms with van der Waals surface area (Å²) in [5.74, 6) is -2.76. The van der Waals surface area contributed by atoms with Gasteiger partial charge in [-0.2, -0.15) is 0 Å². The highest BCUT2D eigenvalue weighted by Gasteiger charge is 2.62. The molecular formula is C19H30O9. The Kier molecular flexibility index (Phi) is 4.92. The lowest BCUT2D eigenvalue weighted by molar-refractivity contribution is -0.253. The molecule has 4 aliphatic heterocycles. The second-order valence-corrected chi connectivity index (χ2v) is 9.19. The summed E-state index contributed by atoms with van der Waals surface area (Å²) >= 11 is 0. The van der Waals surface area contributed by atoms with E-state index < -0.39 is 60.3 Å². The summed E-state index contributed by atoms with van der Waals surface area (Å²) in [6.45, 7) is 10.8. The summed E-state index contributed by atoms with van der Waals surface area (Å²) in [6.07, 6.45) is -5.03. The minimum Gasteiger partial charge on any atom is -0.390 e. The van der Waals surface area contributed by atoms with Crippen LogP contribution in [0.25, 0.3) is 0 Å². The number of hydrogen-bond donors (Lipinski definition) is 1. The Balaban J connectivity index is 1.48. The van der Waals surface area contributed by atoms with Crippen molar-refractivity contribution in [3.63, 3.8) is 0 Å². The Morgan fingerprint density at radius 3 is 2.14 bits per heavy atom. The van der Waals surface area contributed by atoms with Crippen molar-refractivity contribution in [3.05, 3.63) is 0 Å². The van der Waals surface area contributed by atoms with E-state index in [2.05, 4.69) is 0 Å². The molecule has 0 aliphatic carbocycles. The molecule has 0 bridgehead atoms. The second-order valence-electron chi connectivity index (χ2n) is 9.19. The molecule has 4 heterocycles. The largest absolute Gasteiger partial charge is 0.390 e. The molecule has 9 nitrogen and oxygen atoms in total. The zero-order valence-corrected chi connectivity index (χ0v) is 17.2. The lowest BCUT2D eigenvalue weighted by Crippen LogP contribution is -2.58. The van der Waals surface area contributed by atoms with Crippen LogP contribution in [0, 0.1) is 0 Å². The Morgan fingerprint density at radius 1 is 0.893 bits per heavy atom. The molecule has 4 aliphatic rings. The third kappa shape index (κ3) is 3.87. The molecule has 0 aromatic heterocycles. The molecule has 0 radical (unpaired) electrons. The SMILES string of the molecule is CC1(C)O[C@@H]2[C@H](O1)[C@H]1OC(C)(C)O[C@H]1O[C@@H]2[C@H](O)CC(=O)[C@H]1COC(C)(C)O1. The summed E-state index contributed by atoms with van der Waals surface area (Å²) in [5.41, 5.74) is 0. The molecule has 7 atom stereocenters. The summed E-state index contributed by atoms with van der Waals surface area (Å²) < 4.78 is 40.8. The first-order valence-electron chi connectivity index (χ1n) is 9.75. The topological polar surface area (TPSA) is 102 Å². The number of aliphatic hydroxyl groups is 1. The van der Waals surface area contributed by atoms with Crippen LogP contribution in [0.15, 0.2) is 0 Å². The minimum absolute atomic E-state index is 0.149. The van der Waals surface area contributed by atoms with Crippen molar-refractivity contribution in [1.29, 1.82) is 0 Å². The summed E-state index contributed by atoms with van der Waals surface area (Å²) in [7, 11) is 0. The van der Waals surface area contributed by atoms with Crippen molar-refractivity contribution >= 4 is 5.78 Å². The molecule has 0 aromatic carbocycles. The Hall–Kier alpha value is -0.650. The van der Waals surface area contributed by atoms with Crippen LogP contribution < -0.4 is 0 Å². The highest BCUT2D eigenvalue weighted by molar-refractivity contribution is 5.84. The van der Waals surface area contributed by atoms with Crippen LogP contribution in [0.1, 0.15) is 48.0 Å². The van der Waals surface area contributed by atoms with Crippen LogP contribution in [0.3, 0.4) is 0 Å². The average molecular weight is 402 g/mol. The van der Waals surface area contributed by atoms with Gasteiger partial charge in [0.25, 0.3) is 0 Å². The van der Waals surface area contributed by atoms with Gasteiger partial charge in [-0.25, -0.2) is 0 Å². The van der Waals surface area contributed by atoms with Gasteiger partial charge in [0, 0.05) is 6.42 Å². The van der Waals surface area contributed by atoms with Gasteiger partial charge in [0.1, 0.15) is 30.5 Å². The molecule has 1 N–H and O–H groups in total. The summed E-state index contributed by atoms with van der Waals surface area (Å²) in [5, 5.41) is 10.8. The van der Waals surface area contributed by atoms with Crippen molar-refractivity contribution < 1.29 is 43.1 Å². The average Bonchev–Trinajstić information content (AvgIpc) is 3.16. The predicted molar refractivity (Wildman–Crippen MR) is 93.1 cm³/mol. The maximum Gasteiger partial charge on any atom is 0.190 e. The van der Waals surface area contributed by atoms with Gasteiger partial charge in [-0.05, 0) is 41.5 Å². The van der Waals surface area contributed by atoms with Crippen molar-refractivity contribution in [2.45, 2.75) is 108 Å².